The summed E-state index contributed by atoms with van der Waals surface area (Å²) >= 11 is 3.17. The quantitative estimate of drug-likeness (QED) is 0.758. The van der Waals surface area contributed by atoms with E-state index in [1.54, 1.807) is 11.8 Å². The van der Waals surface area contributed by atoms with Crippen LogP contribution in [0.1, 0.15) is 15.4 Å². The topological polar surface area (TPSA) is 42.4 Å². The van der Waals surface area contributed by atoms with Gasteiger partial charge in [0.05, 0.1) is 12.8 Å². The third-order valence-electron chi connectivity index (χ3n) is 2.11. The Morgan fingerprint density at radius 3 is 2.88 bits per heavy atom. The predicted octanol–water partition coefficient (Wildman–Crippen LogP) is 2.04. The van der Waals surface area contributed by atoms with Crippen LogP contribution in [-0.4, -0.2) is 43.7 Å². The Bertz CT molecular complexity index is 366. The lowest BCUT2D eigenvalue weighted by Crippen LogP contribution is -2.19. The van der Waals surface area contributed by atoms with Crippen molar-refractivity contribution in [3.8, 4) is 0 Å². The Morgan fingerprint density at radius 2 is 2.31 bits per heavy atom. The number of nitrogens with zero attached hydrogens (tertiary/aromatic N) is 2. The molecule has 0 radical (unpaired) electrons. The predicted molar refractivity (Wildman–Crippen MR) is 69.8 cm³/mol. The van der Waals surface area contributed by atoms with Gasteiger partial charge in [0.15, 0.2) is 5.13 Å². The Kier molecular flexibility index (Phi) is 5.08. The van der Waals surface area contributed by atoms with Crippen LogP contribution in [0.3, 0.4) is 0 Å². The van der Waals surface area contributed by atoms with Gasteiger partial charge in [0.1, 0.15) is 4.88 Å². The zero-order chi connectivity index (χ0) is 12.1. The van der Waals surface area contributed by atoms with Crippen LogP contribution in [0.4, 0.5) is 5.13 Å². The normalized spacial score (nSPS) is 10.2. The number of aryl methyl sites for hydroxylation is 1. The third kappa shape index (κ3) is 3.12. The first-order chi connectivity index (χ1) is 7.60. The highest BCUT2D eigenvalue weighted by Crippen LogP contribution is 2.25. The van der Waals surface area contributed by atoms with Gasteiger partial charge in [0, 0.05) is 19.3 Å². The number of carbonyl (C=O) groups excluding carboxylic acids is 1. The number of hydrogen-bond acceptors (Lipinski definition) is 6. The number of thioether (sulfide) groups is 1. The molecule has 0 spiro atoms. The number of rotatable bonds is 5. The third-order valence-corrected chi connectivity index (χ3v) is 3.96. The molecule has 0 aromatic carbocycles. The fraction of sp³-hybridized carbons (Fsp3) is 0.600. The molecule has 0 amide bonds. The summed E-state index contributed by atoms with van der Waals surface area (Å²) in [5.74, 6) is 0.738. The molecule has 0 saturated carbocycles. The molecule has 0 N–H and O–H groups in total. The first kappa shape index (κ1) is 13.3. The molecule has 0 fully saturated rings. The van der Waals surface area contributed by atoms with E-state index < -0.39 is 0 Å². The lowest BCUT2D eigenvalue weighted by atomic mass is 10.4. The standard InChI is InChI=1S/C10H16N2O2S2/c1-7-8(9(13)14-3)16-10(11-7)12(2)5-6-15-4/h5-6H2,1-4H3. The van der Waals surface area contributed by atoms with E-state index in [-0.39, 0.29) is 5.97 Å². The molecule has 1 heterocycles. The second-order valence-electron chi connectivity index (χ2n) is 3.32. The van der Waals surface area contributed by atoms with E-state index in [0.29, 0.717) is 4.88 Å². The van der Waals surface area contributed by atoms with Crippen LogP contribution in [0.15, 0.2) is 0 Å². The molecule has 6 heteroatoms. The van der Waals surface area contributed by atoms with Crippen LogP contribution < -0.4 is 4.90 Å². The molecule has 0 aliphatic rings. The lowest BCUT2D eigenvalue weighted by Gasteiger charge is -2.14. The summed E-state index contributed by atoms with van der Waals surface area (Å²) in [5.41, 5.74) is 0.739. The summed E-state index contributed by atoms with van der Waals surface area (Å²) in [5, 5.41) is 0.868. The average molecular weight is 260 g/mol. The Balaban J connectivity index is 2.79. The fourth-order valence-electron chi connectivity index (χ4n) is 1.15. The zero-order valence-electron chi connectivity index (χ0n) is 9.94. The molecular formula is C10H16N2O2S2. The van der Waals surface area contributed by atoms with Gasteiger partial charge >= 0.3 is 5.97 Å². The SMILES string of the molecule is COC(=O)c1sc(N(C)CCSC)nc1C. The van der Waals surface area contributed by atoms with Gasteiger partial charge in [-0.25, -0.2) is 9.78 Å². The zero-order valence-corrected chi connectivity index (χ0v) is 11.6. The number of aromatic nitrogens is 1. The van der Waals surface area contributed by atoms with Gasteiger partial charge < -0.3 is 9.64 Å². The first-order valence-electron chi connectivity index (χ1n) is 4.86. The van der Waals surface area contributed by atoms with Crippen molar-refractivity contribution >= 4 is 34.2 Å². The molecule has 0 unspecified atom stereocenters. The van der Waals surface area contributed by atoms with Gasteiger partial charge in [-0.2, -0.15) is 11.8 Å². The van der Waals surface area contributed by atoms with Crippen molar-refractivity contribution in [3.05, 3.63) is 10.6 Å². The number of methoxy groups -OCH3 is 1. The van der Waals surface area contributed by atoms with E-state index in [1.807, 2.05) is 14.0 Å². The maximum atomic E-state index is 11.4. The summed E-state index contributed by atoms with van der Waals surface area (Å²) in [7, 11) is 3.37. The largest absolute Gasteiger partial charge is 0.465 e. The van der Waals surface area contributed by atoms with Crippen molar-refractivity contribution in [2.24, 2.45) is 0 Å². The molecule has 1 aromatic rings. The van der Waals surface area contributed by atoms with E-state index in [2.05, 4.69) is 16.1 Å². The highest BCUT2D eigenvalue weighted by Gasteiger charge is 2.17. The summed E-state index contributed by atoms with van der Waals surface area (Å²) in [4.78, 5) is 18.4. The monoisotopic (exact) mass is 260 g/mol. The van der Waals surface area contributed by atoms with E-state index in [0.717, 1.165) is 23.1 Å². The summed E-state index contributed by atoms with van der Waals surface area (Å²) in [6, 6.07) is 0. The highest BCUT2D eigenvalue weighted by molar-refractivity contribution is 7.98. The minimum absolute atomic E-state index is 0.306. The Hall–Kier alpha value is -0.750. The molecule has 0 bridgehead atoms. The summed E-state index contributed by atoms with van der Waals surface area (Å²) in [6.45, 7) is 2.75. The fourth-order valence-corrected chi connectivity index (χ4v) is 2.58. The van der Waals surface area contributed by atoms with Crippen LogP contribution in [-0.2, 0) is 4.74 Å². The van der Waals surface area contributed by atoms with Crippen LogP contribution in [0.25, 0.3) is 0 Å². The van der Waals surface area contributed by atoms with Crippen LogP contribution in [0, 0.1) is 6.92 Å². The van der Waals surface area contributed by atoms with E-state index in [1.165, 1.54) is 18.4 Å². The van der Waals surface area contributed by atoms with Crippen molar-refractivity contribution in [2.45, 2.75) is 6.92 Å². The molecular weight excluding hydrogens is 244 g/mol. The van der Waals surface area contributed by atoms with Crippen molar-refractivity contribution < 1.29 is 9.53 Å². The highest BCUT2D eigenvalue weighted by atomic mass is 32.2. The van der Waals surface area contributed by atoms with Gasteiger partial charge in [-0.3, -0.25) is 0 Å². The number of hydrogen-bond donors (Lipinski definition) is 0. The van der Waals surface area contributed by atoms with Gasteiger partial charge in [0.25, 0.3) is 0 Å². The van der Waals surface area contributed by atoms with E-state index in [4.69, 9.17) is 4.74 Å². The summed E-state index contributed by atoms with van der Waals surface area (Å²) < 4.78 is 4.70. The smallest absolute Gasteiger partial charge is 0.350 e. The van der Waals surface area contributed by atoms with Gasteiger partial charge in [-0.15, -0.1) is 0 Å². The van der Waals surface area contributed by atoms with Crippen LogP contribution in [0.5, 0.6) is 0 Å². The molecule has 0 aliphatic carbocycles. The molecule has 0 aliphatic heterocycles. The molecule has 1 aromatic heterocycles. The van der Waals surface area contributed by atoms with Crippen molar-refractivity contribution in [2.75, 3.05) is 37.6 Å². The number of anilines is 1. The van der Waals surface area contributed by atoms with Gasteiger partial charge in [-0.05, 0) is 13.2 Å². The van der Waals surface area contributed by atoms with E-state index in [9.17, 15) is 4.79 Å². The maximum absolute atomic E-state index is 11.4. The molecule has 1 rings (SSSR count). The molecule has 4 nitrogen and oxygen atoms in total. The molecule has 0 atom stereocenters. The number of thiazole rings is 1. The molecule has 90 valence electrons. The number of carbonyl (C=O) groups is 1. The Labute approximate surface area is 104 Å². The second-order valence-corrected chi connectivity index (χ2v) is 5.28. The number of esters is 1. The second kappa shape index (κ2) is 6.10. The minimum Gasteiger partial charge on any atom is -0.465 e. The van der Waals surface area contributed by atoms with Crippen molar-refractivity contribution in [3.63, 3.8) is 0 Å². The average Bonchev–Trinajstić information content (AvgIpc) is 2.67. The molecule has 0 saturated heterocycles. The minimum atomic E-state index is -0.306. The summed E-state index contributed by atoms with van der Waals surface area (Å²) in [6.07, 6.45) is 2.07. The maximum Gasteiger partial charge on any atom is 0.350 e. The van der Waals surface area contributed by atoms with Gasteiger partial charge in [-0.1, -0.05) is 11.3 Å². The molecule has 16 heavy (non-hydrogen) atoms. The van der Waals surface area contributed by atoms with Crippen molar-refractivity contribution in [1.82, 2.24) is 4.98 Å². The van der Waals surface area contributed by atoms with Crippen molar-refractivity contribution in [1.29, 1.82) is 0 Å². The number of ether oxygens (including phenoxy) is 1. The van der Waals surface area contributed by atoms with Crippen LogP contribution >= 0.6 is 23.1 Å². The van der Waals surface area contributed by atoms with Crippen LogP contribution in [0.2, 0.25) is 0 Å². The Morgan fingerprint density at radius 1 is 1.62 bits per heavy atom. The van der Waals surface area contributed by atoms with E-state index >= 15 is 0 Å². The first-order valence-corrected chi connectivity index (χ1v) is 7.07. The lowest BCUT2D eigenvalue weighted by molar-refractivity contribution is 0.0605. The van der Waals surface area contributed by atoms with Gasteiger partial charge in [0.2, 0.25) is 0 Å².